The Morgan fingerprint density at radius 1 is 1.22 bits per heavy atom. The summed E-state index contributed by atoms with van der Waals surface area (Å²) in [5, 5.41) is 13.9. The van der Waals surface area contributed by atoms with E-state index in [1.807, 2.05) is 4.68 Å². The number of hydrogen-bond acceptors (Lipinski definition) is 2. The quantitative estimate of drug-likeness (QED) is 0.924. The fraction of sp³-hybridized carbons (Fsp3) is 0.412. The lowest BCUT2D eigenvalue weighted by Crippen LogP contribution is -2.31. The molecule has 6 heteroatoms. The van der Waals surface area contributed by atoms with Crippen LogP contribution in [-0.2, 0) is 12.8 Å². The highest BCUT2D eigenvalue weighted by Crippen LogP contribution is 2.31. The standard InChI is InChI=1S/C17H20FN3O2/c1-11(2)21-16(12-3-5-13(18)6-4-12)14-7-9-20(17(22)23)10-8-15(14)19-21/h3-6,11H,7-10H2,1-2H3,(H,22,23). The van der Waals surface area contributed by atoms with E-state index in [9.17, 15) is 14.3 Å². The second-order valence-electron chi connectivity index (χ2n) is 6.09. The Kier molecular flexibility index (Phi) is 4.07. The van der Waals surface area contributed by atoms with E-state index in [0.29, 0.717) is 25.9 Å². The number of hydrogen-bond donors (Lipinski definition) is 1. The monoisotopic (exact) mass is 317 g/mol. The number of nitrogens with zero attached hydrogens (tertiary/aromatic N) is 3. The SMILES string of the molecule is CC(C)n1nc2c(c1-c1ccc(F)cc1)CCN(C(=O)O)CC2. The maximum Gasteiger partial charge on any atom is 0.407 e. The average Bonchev–Trinajstić information content (AvgIpc) is 2.74. The highest BCUT2D eigenvalue weighted by molar-refractivity contribution is 5.67. The molecule has 5 nitrogen and oxygen atoms in total. The summed E-state index contributed by atoms with van der Waals surface area (Å²) in [6.07, 6.45) is 0.339. The molecule has 1 aliphatic rings. The zero-order valence-electron chi connectivity index (χ0n) is 13.3. The van der Waals surface area contributed by atoms with Crippen molar-refractivity contribution in [3.63, 3.8) is 0 Å². The predicted molar refractivity (Wildman–Crippen MR) is 85.0 cm³/mol. The van der Waals surface area contributed by atoms with Gasteiger partial charge in [0.15, 0.2) is 0 Å². The smallest absolute Gasteiger partial charge is 0.407 e. The lowest BCUT2D eigenvalue weighted by Gasteiger charge is -2.17. The number of carboxylic acid groups (broad SMARTS) is 1. The lowest BCUT2D eigenvalue weighted by molar-refractivity contribution is 0.147. The molecule has 2 heterocycles. The van der Waals surface area contributed by atoms with Crippen molar-refractivity contribution in [3.8, 4) is 11.3 Å². The van der Waals surface area contributed by atoms with Gasteiger partial charge in [0.05, 0.1) is 11.4 Å². The van der Waals surface area contributed by atoms with Gasteiger partial charge in [-0.05, 0) is 44.5 Å². The first kappa shape index (κ1) is 15.5. The molecule has 122 valence electrons. The van der Waals surface area contributed by atoms with Crippen molar-refractivity contribution in [2.45, 2.75) is 32.7 Å². The zero-order valence-corrected chi connectivity index (χ0v) is 13.3. The second-order valence-corrected chi connectivity index (χ2v) is 6.09. The van der Waals surface area contributed by atoms with Gasteiger partial charge in [0.1, 0.15) is 5.82 Å². The van der Waals surface area contributed by atoms with Gasteiger partial charge in [0, 0.05) is 36.7 Å². The van der Waals surface area contributed by atoms with E-state index < -0.39 is 6.09 Å². The summed E-state index contributed by atoms with van der Waals surface area (Å²) in [7, 11) is 0. The van der Waals surface area contributed by atoms with E-state index in [-0.39, 0.29) is 11.9 Å². The van der Waals surface area contributed by atoms with Gasteiger partial charge in [-0.2, -0.15) is 5.10 Å². The topological polar surface area (TPSA) is 58.4 Å². The maximum absolute atomic E-state index is 13.2. The van der Waals surface area contributed by atoms with Crippen molar-refractivity contribution in [3.05, 3.63) is 41.3 Å². The van der Waals surface area contributed by atoms with E-state index in [1.54, 1.807) is 12.1 Å². The minimum Gasteiger partial charge on any atom is -0.465 e. The van der Waals surface area contributed by atoms with Crippen molar-refractivity contribution < 1.29 is 14.3 Å². The average molecular weight is 317 g/mol. The summed E-state index contributed by atoms with van der Waals surface area (Å²) in [5.41, 5.74) is 3.91. The molecule has 1 amide bonds. The summed E-state index contributed by atoms with van der Waals surface area (Å²) >= 11 is 0. The number of benzene rings is 1. The molecule has 1 N–H and O–H groups in total. The molecule has 0 saturated carbocycles. The number of fused-ring (bicyclic) bond motifs is 1. The van der Waals surface area contributed by atoms with Gasteiger partial charge in [-0.15, -0.1) is 0 Å². The van der Waals surface area contributed by atoms with E-state index in [0.717, 1.165) is 22.5 Å². The molecule has 1 aromatic carbocycles. The van der Waals surface area contributed by atoms with Gasteiger partial charge >= 0.3 is 6.09 Å². The van der Waals surface area contributed by atoms with E-state index in [2.05, 4.69) is 13.8 Å². The fourth-order valence-electron chi connectivity index (χ4n) is 3.06. The van der Waals surface area contributed by atoms with Crippen molar-refractivity contribution in [1.82, 2.24) is 14.7 Å². The first-order chi connectivity index (χ1) is 11.0. The van der Waals surface area contributed by atoms with Crippen LogP contribution in [0.3, 0.4) is 0 Å². The van der Waals surface area contributed by atoms with Gasteiger partial charge in [-0.3, -0.25) is 4.68 Å². The van der Waals surface area contributed by atoms with Crippen LogP contribution < -0.4 is 0 Å². The Morgan fingerprint density at radius 2 is 1.87 bits per heavy atom. The molecule has 0 aliphatic carbocycles. The highest BCUT2D eigenvalue weighted by Gasteiger charge is 2.25. The Balaban J connectivity index is 2.06. The van der Waals surface area contributed by atoms with Gasteiger partial charge in [0.25, 0.3) is 0 Å². The summed E-state index contributed by atoms with van der Waals surface area (Å²) in [6.45, 7) is 5.03. The Hall–Kier alpha value is -2.37. The summed E-state index contributed by atoms with van der Waals surface area (Å²) in [5.74, 6) is -0.271. The van der Waals surface area contributed by atoms with Crippen LogP contribution in [0, 0.1) is 5.82 Å². The first-order valence-corrected chi connectivity index (χ1v) is 7.81. The molecule has 0 saturated heterocycles. The van der Waals surface area contributed by atoms with Crippen LogP contribution in [0.5, 0.6) is 0 Å². The minimum absolute atomic E-state index is 0.178. The van der Waals surface area contributed by atoms with E-state index >= 15 is 0 Å². The van der Waals surface area contributed by atoms with Crippen LogP contribution >= 0.6 is 0 Å². The van der Waals surface area contributed by atoms with Gasteiger partial charge in [-0.1, -0.05) is 0 Å². The van der Waals surface area contributed by atoms with Gasteiger partial charge in [0.2, 0.25) is 0 Å². The van der Waals surface area contributed by atoms with Crippen LogP contribution in [0.25, 0.3) is 11.3 Å². The molecule has 1 aliphatic heterocycles. The molecule has 0 fully saturated rings. The molecule has 2 aromatic rings. The molecular weight excluding hydrogens is 297 g/mol. The number of carbonyl (C=O) groups is 1. The van der Waals surface area contributed by atoms with Gasteiger partial charge < -0.3 is 10.0 Å². The number of rotatable bonds is 2. The normalized spacial score (nSPS) is 14.7. The molecule has 0 unspecified atom stereocenters. The minimum atomic E-state index is -0.893. The fourth-order valence-corrected chi connectivity index (χ4v) is 3.06. The first-order valence-electron chi connectivity index (χ1n) is 7.81. The molecule has 0 radical (unpaired) electrons. The van der Waals surface area contributed by atoms with Crippen LogP contribution in [0.1, 0.15) is 31.1 Å². The summed E-state index contributed by atoms with van der Waals surface area (Å²) in [4.78, 5) is 12.6. The zero-order chi connectivity index (χ0) is 16.6. The summed E-state index contributed by atoms with van der Waals surface area (Å²) in [6, 6.07) is 6.58. The number of halogens is 1. The van der Waals surface area contributed by atoms with E-state index in [1.165, 1.54) is 17.0 Å². The largest absolute Gasteiger partial charge is 0.465 e. The molecule has 0 spiro atoms. The van der Waals surface area contributed by atoms with Crippen LogP contribution in [0.15, 0.2) is 24.3 Å². The molecule has 0 bridgehead atoms. The third-order valence-corrected chi connectivity index (χ3v) is 4.22. The summed E-state index contributed by atoms with van der Waals surface area (Å²) < 4.78 is 15.2. The van der Waals surface area contributed by atoms with Crippen LogP contribution in [0.2, 0.25) is 0 Å². The number of aromatic nitrogens is 2. The molecular formula is C17H20FN3O2. The number of amides is 1. The predicted octanol–water partition coefficient (Wildman–Crippen LogP) is 3.35. The van der Waals surface area contributed by atoms with E-state index in [4.69, 9.17) is 5.10 Å². The lowest BCUT2D eigenvalue weighted by atomic mass is 10.0. The Labute approximate surface area is 134 Å². The highest BCUT2D eigenvalue weighted by atomic mass is 19.1. The maximum atomic E-state index is 13.2. The molecule has 23 heavy (non-hydrogen) atoms. The Bertz CT molecular complexity index is 722. The third kappa shape index (κ3) is 2.93. The third-order valence-electron chi connectivity index (χ3n) is 4.22. The van der Waals surface area contributed by atoms with Crippen molar-refractivity contribution in [2.24, 2.45) is 0 Å². The molecule has 1 aromatic heterocycles. The molecule has 0 atom stereocenters. The van der Waals surface area contributed by atoms with Crippen molar-refractivity contribution >= 4 is 6.09 Å². The Morgan fingerprint density at radius 3 is 2.48 bits per heavy atom. The van der Waals surface area contributed by atoms with Crippen molar-refractivity contribution in [1.29, 1.82) is 0 Å². The van der Waals surface area contributed by atoms with Crippen LogP contribution in [-0.4, -0.2) is 39.0 Å². The second kappa shape index (κ2) is 6.02. The van der Waals surface area contributed by atoms with Crippen LogP contribution in [0.4, 0.5) is 9.18 Å². The molecule has 3 rings (SSSR count). The van der Waals surface area contributed by atoms with Gasteiger partial charge in [-0.25, -0.2) is 9.18 Å². The van der Waals surface area contributed by atoms with Crippen molar-refractivity contribution in [2.75, 3.05) is 13.1 Å².